The zero-order chi connectivity index (χ0) is 29.4. The predicted octanol–water partition coefficient (Wildman–Crippen LogP) is 6.89. The van der Waals surface area contributed by atoms with Crippen molar-refractivity contribution in [2.75, 3.05) is 4.90 Å². The lowest BCUT2D eigenvalue weighted by Crippen LogP contribution is -2.39. The van der Waals surface area contributed by atoms with Crippen molar-refractivity contribution >= 4 is 28.8 Å². The molecule has 1 unspecified atom stereocenters. The van der Waals surface area contributed by atoms with Gasteiger partial charge in [0, 0.05) is 29.8 Å². The molecule has 0 bridgehead atoms. The van der Waals surface area contributed by atoms with Crippen molar-refractivity contribution in [1.82, 2.24) is 0 Å². The molecule has 10 heteroatoms. The Balaban J connectivity index is 1.63. The molecule has 0 aromatic heterocycles. The number of non-ortho nitro benzene ring substituents is 1. The predicted molar refractivity (Wildman–Crippen MR) is 153 cm³/mol. The third-order valence-electron chi connectivity index (χ3n) is 7.54. The summed E-state index contributed by atoms with van der Waals surface area (Å²) in [7, 11) is 0. The van der Waals surface area contributed by atoms with E-state index in [1.165, 1.54) is 30.3 Å². The number of nitro groups is 1. The van der Waals surface area contributed by atoms with Crippen LogP contribution in [0.3, 0.4) is 0 Å². The van der Waals surface area contributed by atoms with E-state index in [2.05, 4.69) is 6.07 Å². The monoisotopic (exact) mass is 572 g/mol. The van der Waals surface area contributed by atoms with Crippen molar-refractivity contribution in [2.24, 2.45) is 5.73 Å². The summed E-state index contributed by atoms with van der Waals surface area (Å²) >= 11 is 6.49. The number of Topliss-reactive ketones (excluding diaryl/α,β-unsaturated/α-hetero) is 1. The molecule has 1 heterocycles. The van der Waals surface area contributed by atoms with Gasteiger partial charge in [-0.05, 0) is 79.3 Å². The highest BCUT2D eigenvalue weighted by Crippen LogP contribution is 2.48. The summed E-state index contributed by atoms with van der Waals surface area (Å²) in [4.78, 5) is 25.9. The number of hydrogen-bond donors (Lipinski definition) is 1. The van der Waals surface area contributed by atoms with Gasteiger partial charge in [-0.1, -0.05) is 23.7 Å². The molecule has 0 spiro atoms. The number of nitrogens with two attached hydrogens (primary N) is 1. The van der Waals surface area contributed by atoms with Crippen molar-refractivity contribution in [3.8, 4) is 11.8 Å². The van der Waals surface area contributed by atoms with Gasteiger partial charge in [-0.2, -0.15) is 5.26 Å². The molecule has 0 radical (unpaired) electrons. The molecule has 0 amide bonds. The van der Waals surface area contributed by atoms with Crippen molar-refractivity contribution in [3.63, 3.8) is 0 Å². The molecule has 208 valence electrons. The van der Waals surface area contributed by atoms with Crippen LogP contribution in [-0.4, -0.2) is 10.7 Å². The number of ketones is 1. The third-order valence-corrected chi connectivity index (χ3v) is 7.84. The number of hydrogen-bond acceptors (Lipinski definition) is 7. The number of nitro benzene ring substituents is 1. The summed E-state index contributed by atoms with van der Waals surface area (Å²) in [5.74, 6) is -0.534. The second-order valence-electron chi connectivity index (χ2n) is 10.1. The summed E-state index contributed by atoms with van der Waals surface area (Å²) in [6, 6.07) is 15.9. The standard InChI is InChI=1S/C31H26ClFN4O4/c1-17-12-18(2)23(13-19(17)16-41-22-9-6-20(33)7-10-22)29-24(15-34)31(35)36(27-4-3-5-28(38)30(27)29)26-11-8-21(37(39)40)14-25(26)32/h6-14,29H,3-5,16,35H2,1-2H3. The van der Waals surface area contributed by atoms with E-state index >= 15 is 0 Å². The lowest BCUT2D eigenvalue weighted by molar-refractivity contribution is -0.384. The van der Waals surface area contributed by atoms with Crippen LogP contribution in [0.5, 0.6) is 5.75 Å². The van der Waals surface area contributed by atoms with Crippen molar-refractivity contribution in [3.05, 3.63) is 120 Å². The molecule has 2 aliphatic rings. The third kappa shape index (κ3) is 5.14. The van der Waals surface area contributed by atoms with Crippen LogP contribution in [0.2, 0.25) is 5.02 Å². The van der Waals surface area contributed by atoms with Gasteiger partial charge in [-0.3, -0.25) is 19.8 Å². The van der Waals surface area contributed by atoms with E-state index in [0.717, 1.165) is 22.3 Å². The van der Waals surface area contributed by atoms with Crippen LogP contribution >= 0.6 is 11.6 Å². The largest absolute Gasteiger partial charge is 0.489 e. The number of allylic oxidation sites excluding steroid dienone is 3. The summed E-state index contributed by atoms with van der Waals surface area (Å²) in [5, 5.41) is 21.7. The Kier molecular flexibility index (Phi) is 7.52. The Hall–Kier alpha value is -4.68. The van der Waals surface area contributed by atoms with Gasteiger partial charge in [0.2, 0.25) is 0 Å². The normalized spacial score (nSPS) is 16.9. The summed E-state index contributed by atoms with van der Waals surface area (Å²) in [6.45, 7) is 4.07. The molecule has 41 heavy (non-hydrogen) atoms. The zero-order valence-electron chi connectivity index (χ0n) is 22.4. The SMILES string of the molecule is Cc1cc(C)c(C2C(C#N)=C(N)N(c3ccc([N+](=O)[O-])cc3Cl)C3=C2C(=O)CCC3)cc1COc1ccc(F)cc1. The van der Waals surface area contributed by atoms with Crippen LogP contribution in [0.15, 0.2) is 77.3 Å². The van der Waals surface area contributed by atoms with Gasteiger partial charge in [0.05, 0.1) is 33.2 Å². The molecule has 0 fully saturated rings. The Morgan fingerprint density at radius 2 is 1.88 bits per heavy atom. The van der Waals surface area contributed by atoms with Gasteiger partial charge in [-0.15, -0.1) is 0 Å². The van der Waals surface area contributed by atoms with E-state index in [1.807, 2.05) is 26.0 Å². The van der Waals surface area contributed by atoms with Gasteiger partial charge < -0.3 is 10.5 Å². The molecule has 8 nitrogen and oxygen atoms in total. The van der Waals surface area contributed by atoms with Gasteiger partial charge in [-0.25, -0.2) is 4.39 Å². The summed E-state index contributed by atoms with van der Waals surface area (Å²) < 4.78 is 19.2. The first-order valence-corrected chi connectivity index (χ1v) is 13.4. The maximum atomic E-state index is 13.6. The summed E-state index contributed by atoms with van der Waals surface area (Å²) in [6.07, 6.45) is 1.42. The Morgan fingerprint density at radius 3 is 2.54 bits per heavy atom. The average molecular weight is 573 g/mol. The molecule has 3 aromatic rings. The molecule has 1 atom stereocenters. The maximum absolute atomic E-state index is 13.6. The summed E-state index contributed by atoms with van der Waals surface area (Å²) in [5.41, 5.74) is 11.6. The van der Waals surface area contributed by atoms with Crippen LogP contribution in [0, 0.1) is 41.1 Å². The Morgan fingerprint density at radius 1 is 1.15 bits per heavy atom. The van der Waals surface area contributed by atoms with E-state index in [-0.39, 0.29) is 40.3 Å². The number of rotatable bonds is 6. The van der Waals surface area contributed by atoms with E-state index < -0.39 is 10.8 Å². The fraction of sp³-hybridized carbons (Fsp3) is 0.226. The number of halogens is 2. The first kappa shape index (κ1) is 27.9. The molecule has 2 N–H and O–H groups in total. The molecule has 5 rings (SSSR count). The minimum absolute atomic E-state index is 0.0782. The molecule has 1 aliphatic heterocycles. The minimum atomic E-state index is -0.707. The smallest absolute Gasteiger partial charge is 0.271 e. The topological polar surface area (TPSA) is 122 Å². The number of carbonyl (C=O) groups is 1. The van der Waals surface area contributed by atoms with Crippen LogP contribution < -0.4 is 15.4 Å². The Bertz CT molecular complexity index is 1690. The van der Waals surface area contributed by atoms with Crippen LogP contribution in [0.25, 0.3) is 0 Å². The van der Waals surface area contributed by atoms with E-state index in [1.54, 1.807) is 17.0 Å². The Labute approximate surface area is 241 Å². The number of ether oxygens (including phenoxy) is 1. The highest BCUT2D eigenvalue weighted by atomic mass is 35.5. The fourth-order valence-electron chi connectivity index (χ4n) is 5.54. The fourth-order valence-corrected chi connectivity index (χ4v) is 5.80. The van der Waals surface area contributed by atoms with E-state index in [9.17, 15) is 24.6 Å². The quantitative estimate of drug-likeness (QED) is 0.252. The molecule has 3 aromatic carbocycles. The van der Waals surface area contributed by atoms with Gasteiger partial charge >= 0.3 is 0 Å². The number of nitrogens with zero attached hydrogens (tertiary/aromatic N) is 3. The van der Waals surface area contributed by atoms with Gasteiger partial charge in [0.25, 0.3) is 5.69 Å². The van der Waals surface area contributed by atoms with Crippen LogP contribution in [-0.2, 0) is 11.4 Å². The average Bonchev–Trinajstić information content (AvgIpc) is 2.93. The lowest BCUT2D eigenvalue weighted by atomic mass is 9.74. The highest BCUT2D eigenvalue weighted by Gasteiger charge is 2.41. The first-order chi connectivity index (χ1) is 19.6. The number of aryl methyl sites for hydroxylation is 2. The van der Waals surface area contributed by atoms with Crippen molar-refractivity contribution < 1.29 is 18.8 Å². The second-order valence-corrected chi connectivity index (χ2v) is 10.5. The molecule has 0 saturated heterocycles. The second kappa shape index (κ2) is 11.1. The van der Waals surface area contributed by atoms with Crippen molar-refractivity contribution in [1.29, 1.82) is 5.26 Å². The van der Waals surface area contributed by atoms with E-state index in [0.29, 0.717) is 42.0 Å². The number of benzene rings is 3. The molecule has 1 aliphatic carbocycles. The first-order valence-electron chi connectivity index (χ1n) is 13.0. The highest BCUT2D eigenvalue weighted by molar-refractivity contribution is 6.33. The zero-order valence-corrected chi connectivity index (χ0v) is 23.2. The van der Waals surface area contributed by atoms with Gasteiger partial charge in [0.1, 0.15) is 24.0 Å². The molecular formula is C31H26ClFN4O4. The van der Waals surface area contributed by atoms with E-state index in [4.69, 9.17) is 22.1 Å². The number of anilines is 1. The van der Waals surface area contributed by atoms with Crippen LogP contribution in [0.1, 0.15) is 47.4 Å². The maximum Gasteiger partial charge on any atom is 0.271 e. The minimum Gasteiger partial charge on any atom is -0.489 e. The molecule has 0 saturated carbocycles. The van der Waals surface area contributed by atoms with Gasteiger partial charge in [0.15, 0.2) is 5.78 Å². The lowest BCUT2D eigenvalue weighted by Gasteiger charge is -2.40. The van der Waals surface area contributed by atoms with Crippen molar-refractivity contribution in [2.45, 2.75) is 45.6 Å². The number of carbonyl (C=O) groups excluding carboxylic acids is 1. The van der Waals surface area contributed by atoms with Crippen LogP contribution in [0.4, 0.5) is 15.8 Å². The molecular weight excluding hydrogens is 547 g/mol. The number of nitriles is 1.